The summed E-state index contributed by atoms with van der Waals surface area (Å²) in [4.78, 5) is 12.2. The van der Waals surface area contributed by atoms with E-state index in [9.17, 15) is 4.79 Å². The lowest BCUT2D eigenvalue weighted by molar-refractivity contribution is 0.101. The molecule has 0 spiro atoms. The van der Waals surface area contributed by atoms with E-state index in [2.05, 4.69) is 10.4 Å². The van der Waals surface area contributed by atoms with Crippen molar-refractivity contribution in [1.82, 2.24) is 9.78 Å². The second kappa shape index (κ2) is 6.87. The van der Waals surface area contributed by atoms with Gasteiger partial charge in [0.25, 0.3) is 5.91 Å². The van der Waals surface area contributed by atoms with Crippen molar-refractivity contribution in [3.8, 4) is 5.75 Å². The molecule has 0 aliphatic heterocycles. The Hall–Kier alpha value is -3.28. The number of carbonyl (C=O) groups excluding carboxylic acids is 1. The van der Waals surface area contributed by atoms with E-state index < -0.39 is 0 Å². The number of nitrogens with one attached hydrogen (secondary N) is 1. The van der Waals surface area contributed by atoms with Gasteiger partial charge in [0, 0.05) is 12.7 Å². The molecule has 0 saturated carbocycles. The molecule has 6 heteroatoms. The fourth-order valence-corrected chi connectivity index (χ4v) is 2.30. The number of carbonyl (C=O) groups is 1. The third-order valence-corrected chi connectivity index (χ3v) is 3.54. The highest BCUT2D eigenvalue weighted by atomic mass is 16.5. The minimum Gasteiger partial charge on any atom is -0.489 e. The molecule has 1 amide bonds. The zero-order chi connectivity index (χ0) is 16.9. The zero-order valence-corrected chi connectivity index (χ0v) is 13.3. The fraction of sp³-hybridized carbons (Fsp3) is 0.111. The number of anilines is 2. The van der Waals surface area contributed by atoms with Gasteiger partial charge in [0.2, 0.25) is 0 Å². The van der Waals surface area contributed by atoms with Gasteiger partial charge in [-0.3, -0.25) is 9.48 Å². The first-order valence-corrected chi connectivity index (χ1v) is 7.49. The van der Waals surface area contributed by atoms with Gasteiger partial charge in [0.1, 0.15) is 18.1 Å². The standard InChI is InChI=1S/C18H18N4O2/c1-22-17(16(19)11-20-22)18(23)21-14-7-9-15(10-8-14)24-12-13-5-3-2-4-6-13/h2-11H,12,19H2,1H3,(H,21,23). The maximum atomic E-state index is 12.2. The van der Waals surface area contributed by atoms with Gasteiger partial charge in [-0.2, -0.15) is 5.10 Å². The Morgan fingerprint density at radius 2 is 1.88 bits per heavy atom. The third kappa shape index (κ3) is 3.55. The molecular formula is C18H18N4O2. The predicted octanol–water partition coefficient (Wildman–Crippen LogP) is 2.83. The van der Waals surface area contributed by atoms with Crippen molar-refractivity contribution in [2.45, 2.75) is 6.61 Å². The van der Waals surface area contributed by atoms with E-state index in [0.29, 0.717) is 23.7 Å². The monoisotopic (exact) mass is 322 g/mol. The van der Waals surface area contributed by atoms with E-state index in [1.54, 1.807) is 19.2 Å². The first-order chi connectivity index (χ1) is 11.6. The Balaban J connectivity index is 1.61. The molecule has 0 atom stereocenters. The van der Waals surface area contributed by atoms with Crippen LogP contribution in [-0.4, -0.2) is 15.7 Å². The van der Waals surface area contributed by atoms with Gasteiger partial charge in [-0.15, -0.1) is 0 Å². The summed E-state index contributed by atoms with van der Waals surface area (Å²) in [5.74, 6) is 0.433. The number of nitrogens with zero attached hydrogens (tertiary/aromatic N) is 2. The molecule has 3 rings (SSSR count). The van der Waals surface area contributed by atoms with Crippen molar-refractivity contribution < 1.29 is 9.53 Å². The molecule has 0 saturated heterocycles. The Labute approximate surface area is 139 Å². The number of rotatable bonds is 5. The molecule has 6 nitrogen and oxygen atoms in total. The molecule has 0 aliphatic carbocycles. The van der Waals surface area contributed by atoms with Gasteiger partial charge in [-0.05, 0) is 29.8 Å². The Kier molecular flexibility index (Phi) is 4.47. The van der Waals surface area contributed by atoms with Gasteiger partial charge in [-0.25, -0.2) is 0 Å². The summed E-state index contributed by atoms with van der Waals surface area (Å²) in [5.41, 5.74) is 8.19. The number of nitrogens with two attached hydrogens (primary N) is 1. The fourth-order valence-electron chi connectivity index (χ4n) is 2.30. The highest BCUT2D eigenvalue weighted by molar-refractivity contribution is 6.06. The van der Waals surface area contributed by atoms with Gasteiger partial charge >= 0.3 is 0 Å². The Morgan fingerprint density at radius 3 is 2.50 bits per heavy atom. The quantitative estimate of drug-likeness (QED) is 0.757. The first-order valence-electron chi connectivity index (χ1n) is 7.49. The molecule has 24 heavy (non-hydrogen) atoms. The maximum Gasteiger partial charge on any atom is 0.276 e. The van der Waals surface area contributed by atoms with Crippen LogP contribution in [0.3, 0.4) is 0 Å². The number of ether oxygens (including phenoxy) is 1. The molecule has 0 unspecified atom stereocenters. The van der Waals surface area contributed by atoms with Gasteiger partial charge in [0.15, 0.2) is 0 Å². The van der Waals surface area contributed by atoms with Gasteiger partial charge < -0.3 is 15.8 Å². The topological polar surface area (TPSA) is 82.2 Å². The molecule has 3 N–H and O–H groups in total. The van der Waals surface area contributed by atoms with Crippen LogP contribution in [0, 0.1) is 0 Å². The average molecular weight is 322 g/mol. The summed E-state index contributed by atoms with van der Waals surface area (Å²) in [6.07, 6.45) is 1.45. The van der Waals surface area contributed by atoms with Gasteiger partial charge in [-0.1, -0.05) is 30.3 Å². The summed E-state index contributed by atoms with van der Waals surface area (Å²) in [6.45, 7) is 0.498. The summed E-state index contributed by atoms with van der Waals surface area (Å²) in [6, 6.07) is 17.1. The second-order valence-corrected chi connectivity index (χ2v) is 5.32. The Bertz CT molecular complexity index is 806. The number of aryl methyl sites for hydroxylation is 1. The molecule has 0 aliphatic rings. The second-order valence-electron chi connectivity index (χ2n) is 5.32. The molecule has 0 fully saturated rings. The molecule has 1 aromatic heterocycles. The van der Waals surface area contributed by atoms with Crippen LogP contribution >= 0.6 is 0 Å². The van der Waals surface area contributed by atoms with Crippen LogP contribution in [0.15, 0.2) is 60.8 Å². The average Bonchev–Trinajstić information content (AvgIpc) is 2.94. The normalized spacial score (nSPS) is 10.4. The van der Waals surface area contributed by atoms with Crippen LogP contribution in [0.1, 0.15) is 16.1 Å². The highest BCUT2D eigenvalue weighted by Crippen LogP contribution is 2.18. The van der Waals surface area contributed by atoms with Crippen LogP contribution in [0.2, 0.25) is 0 Å². The molecule has 2 aromatic carbocycles. The molecule has 0 radical (unpaired) electrons. The van der Waals surface area contributed by atoms with Crippen LogP contribution in [-0.2, 0) is 13.7 Å². The summed E-state index contributed by atoms with van der Waals surface area (Å²) in [5, 5.41) is 6.75. The van der Waals surface area contributed by atoms with Crippen molar-refractivity contribution in [2.24, 2.45) is 7.05 Å². The van der Waals surface area contributed by atoms with E-state index in [0.717, 1.165) is 11.3 Å². The number of aromatic nitrogens is 2. The largest absolute Gasteiger partial charge is 0.489 e. The number of hydrogen-bond acceptors (Lipinski definition) is 4. The van der Waals surface area contributed by atoms with E-state index in [1.807, 2.05) is 42.5 Å². The van der Waals surface area contributed by atoms with Crippen molar-refractivity contribution in [3.05, 3.63) is 72.1 Å². The lowest BCUT2D eigenvalue weighted by Gasteiger charge is -2.09. The number of nitrogen functional groups attached to an aromatic ring is 1. The van der Waals surface area contributed by atoms with Crippen molar-refractivity contribution in [2.75, 3.05) is 11.1 Å². The highest BCUT2D eigenvalue weighted by Gasteiger charge is 2.14. The van der Waals surface area contributed by atoms with E-state index >= 15 is 0 Å². The van der Waals surface area contributed by atoms with Crippen molar-refractivity contribution in [3.63, 3.8) is 0 Å². The third-order valence-electron chi connectivity index (χ3n) is 3.54. The Morgan fingerprint density at radius 1 is 1.17 bits per heavy atom. The van der Waals surface area contributed by atoms with Crippen LogP contribution in [0.25, 0.3) is 0 Å². The number of hydrogen-bond donors (Lipinski definition) is 2. The predicted molar refractivity (Wildman–Crippen MR) is 92.8 cm³/mol. The molecule has 0 bridgehead atoms. The van der Waals surface area contributed by atoms with Crippen LogP contribution < -0.4 is 15.8 Å². The molecule has 1 heterocycles. The summed E-state index contributed by atoms with van der Waals surface area (Å²) >= 11 is 0. The SMILES string of the molecule is Cn1ncc(N)c1C(=O)Nc1ccc(OCc2ccccc2)cc1. The van der Waals surface area contributed by atoms with E-state index in [4.69, 9.17) is 10.5 Å². The van der Waals surface area contributed by atoms with Crippen molar-refractivity contribution >= 4 is 17.3 Å². The minimum atomic E-state index is -0.301. The zero-order valence-electron chi connectivity index (χ0n) is 13.3. The number of benzene rings is 2. The molecule has 122 valence electrons. The van der Waals surface area contributed by atoms with Crippen LogP contribution in [0.4, 0.5) is 11.4 Å². The van der Waals surface area contributed by atoms with E-state index in [1.165, 1.54) is 10.9 Å². The summed E-state index contributed by atoms with van der Waals surface area (Å²) < 4.78 is 7.16. The lowest BCUT2D eigenvalue weighted by Crippen LogP contribution is -2.17. The molecular weight excluding hydrogens is 304 g/mol. The van der Waals surface area contributed by atoms with Crippen molar-refractivity contribution in [1.29, 1.82) is 0 Å². The first kappa shape index (κ1) is 15.6. The summed E-state index contributed by atoms with van der Waals surface area (Å²) in [7, 11) is 1.67. The van der Waals surface area contributed by atoms with E-state index in [-0.39, 0.29) is 5.91 Å². The number of amides is 1. The van der Waals surface area contributed by atoms with Crippen LogP contribution in [0.5, 0.6) is 5.75 Å². The van der Waals surface area contributed by atoms with Gasteiger partial charge in [0.05, 0.1) is 11.9 Å². The minimum absolute atomic E-state index is 0.301. The molecule has 3 aromatic rings. The maximum absolute atomic E-state index is 12.2. The lowest BCUT2D eigenvalue weighted by atomic mass is 10.2. The smallest absolute Gasteiger partial charge is 0.276 e.